The first kappa shape index (κ1) is 18.8. The summed E-state index contributed by atoms with van der Waals surface area (Å²) in [5.41, 5.74) is 2.30. The minimum atomic E-state index is -0.310. The van der Waals surface area contributed by atoms with Crippen LogP contribution in [-0.4, -0.2) is 24.5 Å². The molecule has 1 atom stereocenters. The number of carbonyl (C=O) groups excluding carboxylic acids is 1. The van der Waals surface area contributed by atoms with Crippen LogP contribution in [0.5, 0.6) is 11.5 Å². The van der Waals surface area contributed by atoms with Crippen molar-refractivity contribution in [3.63, 3.8) is 0 Å². The highest BCUT2D eigenvalue weighted by Gasteiger charge is 2.16. The zero-order valence-corrected chi connectivity index (χ0v) is 16.0. The monoisotopic (exact) mass is 386 g/mol. The molecule has 0 saturated heterocycles. The molecular weight excluding hydrogens is 367 g/mol. The Morgan fingerprint density at radius 3 is 2.44 bits per heavy atom. The summed E-state index contributed by atoms with van der Waals surface area (Å²) in [5, 5.41) is 2.95. The van der Waals surface area contributed by atoms with Gasteiger partial charge in [-0.25, -0.2) is 4.39 Å². The van der Waals surface area contributed by atoms with E-state index in [2.05, 4.69) is 9.69 Å². The van der Waals surface area contributed by atoms with E-state index < -0.39 is 0 Å². The Hall–Kier alpha value is -2.93. The minimum Gasteiger partial charge on any atom is -0.493 e. The molecule has 3 aromatic rings. The van der Waals surface area contributed by atoms with Crippen LogP contribution in [0.2, 0.25) is 0 Å². The van der Waals surface area contributed by atoms with Crippen LogP contribution in [0.25, 0.3) is 11.3 Å². The second-order valence-electron chi connectivity index (χ2n) is 5.89. The number of nitrogens with zero attached hydrogens (tertiary/aromatic N) is 1. The molecular formula is C20H19FN2O3S. The van der Waals surface area contributed by atoms with E-state index in [0.717, 1.165) is 22.7 Å². The van der Waals surface area contributed by atoms with Gasteiger partial charge in [-0.05, 0) is 66.5 Å². The predicted octanol–water partition coefficient (Wildman–Crippen LogP) is 4.46. The van der Waals surface area contributed by atoms with Gasteiger partial charge in [-0.1, -0.05) is 6.07 Å². The lowest BCUT2D eigenvalue weighted by Crippen LogP contribution is -2.25. The number of rotatable bonds is 6. The molecule has 2 aromatic carbocycles. The van der Waals surface area contributed by atoms with Crippen LogP contribution in [0.3, 0.4) is 0 Å². The van der Waals surface area contributed by atoms with Crippen LogP contribution in [0.15, 0.2) is 48.5 Å². The molecule has 5 nitrogen and oxygen atoms in total. The number of halogens is 1. The van der Waals surface area contributed by atoms with Gasteiger partial charge in [0.2, 0.25) is 0 Å². The Morgan fingerprint density at radius 2 is 1.78 bits per heavy atom. The van der Waals surface area contributed by atoms with Gasteiger partial charge in [0.15, 0.2) is 11.5 Å². The van der Waals surface area contributed by atoms with Crippen LogP contribution in [-0.2, 0) is 0 Å². The largest absolute Gasteiger partial charge is 0.493 e. The van der Waals surface area contributed by atoms with Crippen LogP contribution >= 0.6 is 11.5 Å². The van der Waals surface area contributed by atoms with E-state index in [1.54, 1.807) is 38.5 Å². The first-order chi connectivity index (χ1) is 13.0. The van der Waals surface area contributed by atoms with Crippen molar-refractivity contribution < 1.29 is 18.7 Å². The number of hydrogen-bond acceptors (Lipinski definition) is 5. The second-order valence-corrected chi connectivity index (χ2v) is 6.70. The third-order valence-electron chi connectivity index (χ3n) is 4.13. The van der Waals surface area contributed by atoms with Crippen LogP contribution in [0, 0.1) is 5.82 Å². The van der Waals surface area contributed by atoms with Gasteiger partial charge in [-0.3, -0.25) is 4.79 Å². The number of benzene rings is 2. The molecule has 140 valence electrons. The third-order valence-corrected chi connectivity index (χ3v) is 4.92. The standard InChI is InChI=1S/C20H19FN2O3S/c1-12(14-6-9-17(25-2)18(10-14)26-3)22-20(24)19-11-16(23-27-19)13-4-7-15(21)8-5-13/h4-12H,1-3H3,(H,22,24)/t12-/m0/s1. The van der Waals surface area contributed by atoms with E-state index in [4.69, 9.17) is 9.47 Å². The normalized spacial score (nSPS) is 11.7. The molecule has 3 rings (SSSR count). The van der Waals surface area contributed by atoms with Crippen molar-refractivity contribution in [1.29, 1.82) is 0 Å². The fourth-order valence-electron chi connectivity index (χ4n) is 2.61. The average molecular weight is 386 g/mol. The molecule has 0 fully saturated rings. The van der Waals surface area contributed by atoms with E-state index in [-0.39, 0.29) is 17.8 Å². The Labute approximate surface area is 160 Å². The number of ether oxygens (including phenoxy) is 2. The molecule has 0 radical (unpaired) electrons. The second kappa shape index (κ2) is 8.18. The van der Waals surface area contributed by atoms with Crippen molar-refractivity contribution in [2.75, 3.05) is 14.2 Å². The molecule has 27 heavy (non-hydrogen) atoms. The highest BCUT2D eigenvalue weighted by atomic mass is 32.1. The zero-order chi connectivity index (χ0) is 19.4. The van der Waals surface area contributed by atoms with Gasteiger partial charge in [-0.2, -0.15) is 4.37 Å². The highest BCUT2D eigenvalue weighted by Crippen LogP contribution is 2.30. The van der Waals surface area contributed by atoms with Crippen LogP contribution in [0.4, 0.5) is 4.39 Å². The smallest absolute Gasteiger partial charge is 0.263 e. The molecule has 0 bridgehead atoms. The summed E-state index contributed by atoms with van der Waals surface area (Å²) in [7, 11) is 3.14. The maximum Gasteiger partial charge on any atom is 0.263 e. The summed E-state index contributed by atoms with van der Waals surface area (Å²) in [6.45, 7) is 1.89. The summed E-state index contributed by atoms with van der Waals surface area (Å²) in [5.74, 6) is 0.706. The zero-order valence-electron chi connectivity index (χ0n) is 15.2. The molecule has 0 saturated carbocycles. The maximum absolute atomic E-state index is 13.0. The lowest BCUT2D eigenvalue weighted by atomic mass is 10.1. The van der Waals surface area contributed by atoms with Crippen molar-refractivity contribution in [2.24, 2.45) is 0 Å². The van der Waals surface area contributed by atoms with Crippen molar-refractivity contribution in [3.8, 4) is 22.8 Å². The van der Waals surface area contributed by atoms with Gasteiger partial charge in [0.05, 0.1) is 26.0 Å². The van der Waals surface area contributed by atoms with E-state index >= 15 is 0 Å². The molecule has 1 aromatic heterocycles. The SMILES string of the molecule is COc1ccc([C@H](C)NC(=O)c2cc(-c3ccc(F)cc3)ns2)cc1OC. The van der Waals surface area contributed by atoms with Crippen molar-refractivity contribution in [2.45, 2.75) is 13.0 Å². The number of carbonyl (C=O) groups is 1. The van der Waals surface area contributed by atoms with Gasteiger partial charge in [0.1, 0.15) is 10.7 Å². The van der Waals surface area contributed by atoms with Crippen molar-refractivity contribution >= 4 is 17.4 Å². The topological polar surface area (TPSA) is 60.5 Å². The van der Waals surface area contributed by atoms with Gasteiger partial charge < -0.3 is 14.8 Å². The molecule has 0 aliphatic carbocycles. The highest BCUT2D eigenvalue weighted by molar-refractivity contribution is 7.08. The summed E-state index contributed by atoms with van der Waals surface area (Å²) in [6, 6.07) is 13.0. The third kappa shape index (κ3) is 4.25. The molecule has 0 unspecified atom stereocenters. The summed E-state index contributed by atoms with van der Waals surface area (Å²) in [6.07, 6.45) is 0. The van der Waals surface area contributed by atoms with E-state index in [9.17, 15) is 9.18 Å². The number of amides is 1. The summed E-state index contributed by atoms with van der Waals surface area (Å²) in [4.78, 5) is 13.0. The average Bonchev–Trinajstić information content (AvgIpc) is 3.18. The first-order valence-electron chi connectivity index (χ1n) is 8.27. The predicted molar refractivity (Wildman–Crippen MR) is 103 cm³/mol. The molecule has 1 N–H and O–H groups in total. The van der Waals surface area contributed by atoms with Gasteiger partial charge >= 0.3 is 0 Å². The van der Waals surface area contributed by atoms with E-state index in [1.807, 2.05) is 19.1 Å². The summed E-state index contributed by atoms with van der Waals surface area (Å²) >= 11 is 1.11. The Kier molecular flexibility index (Phi) is 5.71. The van der Waals surface area contributed by atoms with Crippen LogP contribution < -0.4 is 14.8 Å². The number of hydrogen-bond donors (Lipinski definition) is 1. The molecule has 0 aliphatic rings. The minimum absolute atomic E-state index is 0.219. The molecule has 0 spiro atoms. The fraction of sp³-hybridized carbons (Fsp3) is 0.200. The Balaban J connectivity index is 1.73. The van der Waals surface area contributed by atoms with Crippen molar-refractivity contribution in [1.82, 2.24) is 9.69 Å². The lowest BCUT2D eigenvalue weighted by molar-refractivity contribution is 0.0944. The van der Waals surface area contributed by atoms with Crippen LogP contribution in [0.1, 0.15) is 28.2 Å². The van der Waals surface area contributed by atoms with Gasteiger partial charge in [0.25, 0.3) is 5.91 Å². The van der Waals surface area contributed by atoms with E-state index in [1.165, 1.54) is 12.1 Å². The Bertz CT molecular complexity index is 941. The molecule has 0 aliphatic heterocycles. The molecule has 1 amide bonds. The number of aromatic nitrogens is 1. The number of nitrogens with one attached hydrogen (secondary N) is 1. The van der Waals surface area contributed by atoms with Gasteiger partial charge in [0, 0.05) is 5.56 Å². The first-order valence-corrected chi connectivity index (χ1v) is 9.04. The lowest BCUT2D eigenvalue weighted by Gasteiger charge is -2.16. The maximum atomic E-state index is 13.0. The van der Waals surface area contributed by atoms with E-state index in [0.29, 0.717) is 22.1 Å². The summed E-state index contributed by atoms with van der Waals surface area (Å²) < 4.78 is 27.9. The quantitative estimate of drug-likeness (QED) is 0.680. The van der Waals surface area contributed by atoms with Gasteiger partial charge in [-0.15, -0.1) is 0 Å². The van der Waals surface area contributed by atoms with Crippen molar-refractivity contribution in [3.05, 3.63) is 64.8 Å². The number of methoxy groups -OCH3 is 2. The molecule has 1 heterocycles. The Morgan fingerprint density at radius 1 is 1.07 bits per heavy atom. The molecule has 7 heteroatoms. The fourth-order valence-corrected chi connectivity index (χ4v) is 3.27.